The van der Waals surface area contributed by atoms with E-state index >= 15 is 0 Å². The van der Waals surface area contributed by atoms with Crippen molar-refractivity contribution in [3.8, 4) is 6.07 Å². The van der Waals surface area contributed by atoms with Crippen molar-refractivity contribution in [2.24, 2.45) is 5.92 Å². The molecule has 0 saturated carbocycles. The molecule has 2 atom stereocenters. The van der Waals surface area contributed by atoms with E-state index in [1.165, 1.54) is 13.0 Å². The summed E-state index contributed by atoms with van der Waals surface area (Å²) in [5.74, 6) is 0.736. The highest BCUT2D eigenvalue weighted by Gasteiger charge is 2.25. The van der Waals surface area contributed by atoms with Gasteiger partial charge in [0.2, 0.25) is 0 Å². The lowest BCUT2D eigenvalue weighted by atomic mass is 10.1. The van der Waals surface area contributed by atoms with E-state index in [9.17, 15) is 0 Å². The summed E-state index contributed by atoms with van der Waals surface area (Å²) in [7, 11) is 0. The van der Waals surface area contributed by atoms with Gasteiger partial charge in [0.15, 0.2) is 0 Å². The van der Waals surface area contributed by atoms with E-state index in [0.29, 0.717) is 0 Å². The fraction of sp³-hybridized carbons (Fsp3) is 0.923. The second-order valence-electron chi connectivity index (χ2n) is 5.12. The molecule has 2 unspecified atom stereocenters. The predicted molar refractivity (Wildman–Crippen MR) is 66.6 cm³/mol. The van der Waals surface area contributed by atoms with Crippen LogP contribution in [0.3, 0.4) is 0 Å². The standard InChI is InChI=1S/C13H23N3O/c1-2-13(9-14)16-6-4-15(5-7-16)10-12-3-8-17-11-12/h12-13H,2-8,10-11H2,1H3. The summed E-state index contributed by atoms with van der Waals surface area (Å²) in [6.07, 6.45) is 2.16. The van der Waals surface area contributed by atoms with Crippen molar-refractivity contribution in [3.63, 3.8) is 0 Å². The maximum absolute atomic E-state index is 9.05. The van der Waals surface area contributed by atoms with Crippen LogP contribution in [-0.2, 0) is 4.74 Å². The van der Waals surface area contributed by atoms with Crippen LogP contribution in [0, 0.1) is 17.2 Å². The number of hydrogen-bond acceptors (Lipinski definition) is 4. The molecule has 0 radical (unpaired) electrons. The third-order valence-corrected chi connectivity index (χ3v) is 3.92. The van der Waals surface area contributed by atoms with E-state index in [0.717, 1.165) is 51.7 Å². The van der Waals surface area contributed by atoms with Gasteiger partial charge in [-0.3, -0.25) is 4.90 Å². The molecule has 2 fully saturated rings. The molecule has 0 aromatic rings. The third-order valence-electron chi connectivity index (χ3n) is 3.92. The lowest BCUT2D eigenvalue weighted by Gasteiger charge is -2.37. The Balaban J connectivity index is 1.72. The monoisotopic (exact) mass is 237 g/mol. The van der Waals surface area contributed by atoms with Crippen LogP contribution in [0.5, 0.6) is 0 Å². The first-order valence-electron chi connectivity index (χ1n) is 6.77. The molecule has 0 aliphatic carbocycles. The van der Waals surface area contributed by atoms with Crippen LogP contribution < -0.4 is 0 Å². The highest BCUT2D eigenvalue weighted by molar-refractivity contribution is 4.92. The lowest BCUT2D eigenvalue weighted by Crippen LogP contribution is -2.50. The first kappa shape index (κ1) is 12.8. The molecule has 4 heteroatoms. The van der Waals surface area contributed by atoms with Gasteiger partial charge >= 0.3 is 0 Å². The minimum absolute atomic E-state index is 0.118. The molecule has 0 aromatic heterocycles. The zero-order valence-electron chi connectivity index (χ0n) is 10.8. The average Bonchev–Trinajstić information content (AvgIpc) is 2.86. The van der Waals surface area contributed by atoms with Gasteiger partial charge in [0.05, 0.1) is 18.7 Å². The minimum Gasteiger partial charge on any atom is -0.381 e. The first-order chi connectivity index (χ1) is 8.33. The fourth-order valence-corrected chi connectivity index (χ4v) is 2.78. The van der Waals surface area contributed by atoms with Crippen molar-refractivity contribution in [3.05, 3.63) is 0 Å². The molecule has 0 bridgehead atoms. The quantitative estimate of drug-likeness (QED) is 0.729. The number of nitrogens with zero attached hydrogens (tertiary/aromatic N) is 3. The van der Waals surface area contributed by atoms with Crippen molar-refractivity contribution in [1.29, 1.82) is 5.26 Å². The zero-order valence-corrected chi connectivity index (χ0v) is 10.8. The van der Waals surface area contributed by atoms with Crippen molar-refractivity contribution in [1.82, 2.24) is 9.80 Å². The highest BCUT2D eigenvalue weighted by Crippen LogP contribution is 2.16. The van der Waals surface area contributed by atoms with Gasteiger partial charge in [-0.2, -0.15) is 5.26 Å². The van der Waals surface area contributed by atoms with Crippen LogP contribution >= 0.6 is 0 Å². The molecular formula is C13H23N3O. The molecule has 4 nitrogen and oxygen atoms in total. The Hall–Kier alpha value is -0.630. The van der Waals surface area contributed by atoms with E-state index in [4.69, 9.17) is 10.00 Å². The Labute approximate surface area is 104 Å². The summed E-state index contributed by atoms with van der Waals surface area (Å²) >= 11 is 0. The Kier molecular flexibility index (Phi) is 4.78. The third kappa shape index (κ3) is 3.41. The van der Waals surface area contributed by atoms with Crippen LogP contribution in [0.15, 0.2) is 0 Å². The molecule has 0 aromatic carbocycles. The summed E-state index contributed by atoms with van der Waals surface area (Å²) in [6.45, 7) is 9.45. The number of nitriles is 1. The summed E-state index contributed by atoms with van der Waals surface area (Å²) in [5.41, 5.74) is 0. The molecular weight excluding hydrogens is 214 g/mol. The molecule has 2 aliphatic rings. The molecule has 17 heavy (non-hydrogen) atoms. The maximum atomic E-state index is 9.05. The van der Waals surface area contributed by atoms with Crippen LogP contribution in [0.1, 0.15) is 19.8 Å². The summed E-state index contributed by atoms with van der Waals surface area (Å²) in [5, 5.41) is 9.05. The van der Waals surface area contributed by atoms with Crippen molar-refractivity contribution >= 4 is 0 Å². The molecule has 2 saturated heterocycles. The molecule has 0 amide bonds. The van der Waals surface area contributed by atoms with E-state index < -0.39 is 0 Å². The van der Waals surface area contributed by atoms with Gasteiger partial charge < -0.3 is 9.64 Å². The normalized spacial score (nSPS) is 29.1. The number of hydrogen-bond donors (Lipinski definition) is 0. The molecule has 0 spiro atoms. The minimum atomic E-state index is 0.118. The molecule has 96 valence electrons. The van der Waals surface area contributed by atoms with Crippen molar-refractivity contribution in [2.45, 2.75) is 25.8 Å². The molecule has 2 heterocycles. The Bertz CT molecular complexity index is 262. The van der Waals surface area contributed by atoms with Crippen molar-refractivity contribution in [2.75, 3.05) is 45.9 Å². The summed E-state index contributed by atoms with van der Waals surface area (Å²) in [4.78, 5) is 4.85. The van der Waals surface area contributed by atoms with Gasteiger partial charge in [-0.05, 0) is 18.8 Å². The second-order valence-corrected chi connectivity index (χ2v) is 5.12. The molecule has 0 N–H and O–H groups in total. The van der Waals surface area contributed by atoms with E-state index in [-0.39, 0.29) is 6.04 Å². The van der Waals surface area contributed by atoms with Crippen LogP contribution in [0.4, 0.5) is 0 Å². The largest absolute Gasteiger partial charge is 0.381 e. The summed E-state index contributed by atoms with van der Waals surface area (Å²) in [6, 6.07) is 2.51. The number of rotatable bonds is 4. The van der Waals surface area contributed by atoms with Gasteiger partial charge in [0.25, 0.3) is 0 Å². The Morgan fingerprint density at radius 3 is 2.65 bits per heavy atom. The van der Waals surface area contributed by atoms with Crippen LogP contribution in [0.25, 0.3) is 0 Å². The zero-order chi connectivity index (χ0) is 12.1. The van der Waals surface area contributed by atoms with E-state index in [2.05, 4.69) is 22.8 Å². The average molecular weight is 237 g/mol. The fourth-order valence-electron chi connectivity index (χ4n) is 2.78. The topological polar surface area (TPSA) is 39.5 Å². The van der Waals surface area contributed by atoms with E-state index in [1.807, 2.05) is 0 Å². The summed E-state index contributed by atoms with van der Waals surface area (Å²) < 4.78 is 5.41. The predicted octanol–water partition coefficient (Wildman–Crippen LogP) is 0.943. The van der Waals surface area contributed by atoms with E-state index in [1.54, 1.807) is 0 Å². The van der Waals surface area contributed by atoms with Gasteiger partial charge in [-0.15, -0.1) is 0 Å². The molecule has 2 aliphatic heterocycles. The van der Waals surface area contributed by atoms with Gasteiger partial charge in [-0.1, -0.05) is 6.92 Å². The van der Waals surface area contributed by atoms with Gasteiger partial charge in [0.1, 0.15) is 0 Å². The SMILES string of the molecule is CCC(C#N)N1CCN(CC2CCOC2)CC1. The highest BCUT2D eigenvalue weighted by atomic mass is 16.5. The molecule has 2 rings (SSSR count). The van der Waals surface area contributed by atoms with Crippen LogP contribution in [-0.4, -0.2) is 61.8 Å². The Morgan fingerprint density at radius 2 is 2.12 bits per heavy atom. The second kappa shape index (κ2) is 6.34. The Morgan fingerprint density at radius 1 is 1.35 bits per heavy atom. The number of piperazine rings is 1. The smallest absolute Gasteiger partial charge is 0.0976 e. The van der Waals surface area contributed by atoms with Crippen molar-refractivity contribution < 1.29 is 4.74 Å². The van der Waals surface area contributed by atoms with Gasteiger partial charge in [0, 0.05) is 39.3 Å². The van der Waals surface area contributed by atoms with Crippen LogP contribution in [0.2, 0.25) is 0 Å². The number of ether oxygens (including phenoxy) is 1. The first-order valence-corrected chi connectivity index (χ1v) is 6.77. The van der Waals surface area contributed by atoms with Gasteiger partial charge in [-0.25, -0.2) is 0 Å². The lowest BCUT2D eigenvalue weighted by molar-refractivity contribution is 0.0959. The maximum Gasteiger partial charge on any atom is 0.0976 e.